The summed E-state index contributed by atoms with van der Waals surface area (Å²) < 4.78 is 39.9. The molecule has 1 N–H and O–H groups in total. The van der Waals surface area contributed by atoms with E-state index in [1.807, 2.05) is 0 Å². The van der Waals surface area contributed by atoms with Gasteiger partial charge in [-0.3, -0.25) is 0 Å². The van der Waals surface area contributed by atoms with Gasteiger partial charge in [-0.25, -0.2) is 0 Å². The molecule has 0 aliphatic carbocycles. The Hall–Kier alpha value is -1.10. The van der Waals surface area contributed by atoms with Gasteiger partial charge in [-0.1, -0.05) is 11.6 Å². The van der Waals surface area contributed by atoms with Gasteiger partial charge in [0.1, 0.15) is 5.75 Å². The quantitative estimate of drug-likeness (QED) is 0.870. The van der Waals surface area contributed by atoms with E-state index in [-0.39, 0.29) is 10.8 Å². The Morgan fingerprint density at radius 2 is 2.07 bits per heavy atom. The van der Waals surface area contributed by atoms with E-state index in [0.29, 0.717) is 5.69 Å². The Kier molecular flexibility index (Phi) is 3.68. The van der Waals surface area contributed by atoms with Crippen molar-refractivity contribution in [1.29, 1.82) is 0 Å². The van der Waals surface area contributed by atoms with Gasteiger partial charge in [0.25, 0.3) is 0 Å². The number of benzene rings is 1. The summed E-state index contributed by atoms with van der Waals surface area (Å²) in [4.78, 5) is 0. The largest absolute Gasteiger partial charge is 0.484 e. The Morgan fingerprint density at radius 3 is 2.53 bits per heavy atom. The lowest BCUT2D eigenvalue weighted by Gasteiger charge is -2.10. The highest BCUT2D eigenvalue weighted by atomic mass is 35.5. The van der Waals surface area contributed by atoms with Gasteiger partial charge in [0.15, 0.2) is 6.61 Å². The van der Waals surface area contributed by atoms with Crippen LogP contribution in [0, 0.1) is 7.05 Å². The van der Waals surface area contributed by atoms with Gasteiger partial charge in [0.05, 0.1) is 10.7 Å². The van der Waals surface area contributed by atoms with Crippen molar-refractivity contribution in [2.75, 3.05) is 11.9 Å². The summed E-state index contributed by atoms with van der Waals surface area (Å²) in [6.07, 6.45) is -4.35. The molecule has 6 heteroatoms. The third kappa shape index (κ3) is 3.87. The summed E-state index contributed by atoms with van der Waals surface area (Å²) in [5.41, 5.74) is 0.524. The van der Waals surface area contributed by atoms with Crippen molar-refractivity contribution < 1.29 is 17.9 Å². The monoisotopic (exact) mass is 238 g/mol. The predicted octanol–water partition coefficient (Wildman–Crippen LogP) is 3.48. The van der Waals surface area contributed by atoms with E-state index in [0.717, 1.165) is 0 Å². The van der Waals surface area contributed by atoms with Gasteiger partial charge < -0.3 is 10.1 Å². The average Bonchev–Trinajstić information content (AvgIpc) is 2.14. The Labute approximate surface area is 90.0 Å². The van der Waals surface area contributed by atoms with Crippen LogP contribution in [0.3, 0.4) is 0 Å². The van der Waals surface area contributed by atoms with Crippen LogP contribution >= 0.6 is 11.6 Å². The molecular formula is C9H8ClF3NO. The SMILES string of the molecule is [CH2]Nc1ccc(OCC(F)(F)F)cc1Cl. The minimum Gasteiger partial charge on any atom is -0.484 e. The third-order valence-electron chi connectivity index (χ3n) is 1.53. The molecule has 0 amide bonds. The fourth-order valence-corrected chi connectivity index (χ4v) is 1.13. The molecule has 0 fully saturated rings. The zero-order chi connectivity index (χ0) is 11.5. The lowest BCUT2D eigenvalue weighted by Crippen LogP contribution is -2.19. The summed E-state index contributed by atoms with van der Waals surface area (Å²) in [5, 5.41) is 2.79. The van der Waals surface area contributed by atoms with Crippen LogP contribution in [0.1, 0.15) is 0 Å². The molecule has 0 heterocycles. The van der Waals surface area contributed by atoms with Gasteiger partial charge >= 0.3 is 6.18 Å². The number of rotatable bonds is 3. The van der Waals surface area contributed by atoms with E-state index >= 15 is 0 Å². The molecule has 0 atom stereocenters. The highest BCUT2D eigenvalue weighted by Crippen LogP contribution is 2.27. The van der Waals surface area contributed by atoms with E-state index < -0.39 is 12.8 Å². The highest BCUT2D eigenvalue weighted by molar-refractivity contribution is 6.33. The molecule has 0 unspecified atom stereocenters. The molecule has 1 aromatic carbocycles. The average molecular weight is 239 g/mol. The predicted molar refractivity (Wildman–Crippen MR) is 52.0 cm³/mol. The van der Waals surface area contributed by atoms with Crippen LogP contribution in [0.15, 0.2) is 18.2 Å². The van der Waals surface area contributed by atoms with Crippen molar-refractivity contribution in [3.8, 4) is 5.75 Å². The van der Waals surface area contributed by atoms with Crippen molar-refractivity contribution in [1.82, 2.24) is 0 Å². The van der Waals surface area contributed by atoms with Crippen LogP contribution in [0.4, 0.5) is 18.9 Å². The van der Waals surface area contributed by atoms with E-state index in [1.165, 1.54) is 18.2 Å². The molecular weight excluding hydrogens is 231 g/mol. The van der Waals surface area contributed by atoms with Crippen molar-refractivity contribution in [2.45, 2.75) is 6.18 Å². The first-order chi connectivity index (χ1) is 6.92. The van der Waals surface area contributed by atoms with Crippen molar-refractivity contribution in [3.05, 3.63) is 30.3 Å². The molecule has 0 aliphatic heterocycles. The number of hydrogen-bond acceptors (Lipinski definition) is 2. The number of nitrogens with one attached hydrogen (secondary N) is 1. The van der Waals surface area contributed by atoms with Crippen LogP contribution in [-0.2, 0) is 0 Å². The Morgan fingerprint density at radius 1 is 1.40 bits per heavy atom. The summed E-state index contributed by atoms with van der Waals surface area (Å²) in [6, 6.07) is 4.16. The van der Waals surface area contributed by atoms with Crippen molar-refractivity contribution in [2.24, 2.45) is 0 Å². The Bertz CT molecular complexity index is 341. The molecule has 1 rings (SSSR count). The maximum absolute atomic E-state index is 11.8. The zero-order valence-corrected chi connectivity index (χ0v) is 8.32. The number of alkyl halides is 3. The maximum Gasteiger partial charge on any atom is 0.422 e. The molecule has 0 saturated carbocycles. The second-order valence-electron chi connectivity index (χ2n) is 2.72. The van der Waals surface area contributed by atoms with E-state index in [9.17, 15) is 13.2 Å². The molecule has 0 saturated heterocycles. The van der Waals surface area contributed by atoms with Crippen LogP contribution in [0.2, 0.25) is 5.02 Å². The fourth-order valence-electron chi connectivity index (χ4n) is 0.894. The van der Waals surface area contributed by atoms with Gasteiger partial charge in [-0.15, -0.1) is 0 Å². The second kappa shape index (κ2) is 4.61. The lowest BCUT2D eigenvalue weighted by atomic mass is 10.3. The highest BCUT2D eigenvalue weighted by Gasteiger charge is 2.28. The van der Waals surface area contributed by atoms with Crippen LogP contribution in [0.5, 0.6) is 5.75 Å². The first-order valence-corrected chi connectivity index (χ1v) is 4.32. The molecule has 0 aromatic heterocycles. The molecule has 1 radical (unpaired) electrons. The van der Waals surface area contributed by atoms with Gasteiger partial charge in [0, 0.05) is 13.1 Å². The molecule has 83 valence electrons. The third-order valence-corrected chi connectivity index (χ3v) is 1.85. The molecule has 2 nitrogen and oxygen atoms in total. The number of halogens is 4. The van der Waals surface area contributed by atoms with Crippen molar-refractivity contribution in [3.63, 3.8) is 0 Å². The van der Waals surface area contributed by atoms with Crippen LogP contribution < -0.4 is 10.1 Å². The number of ether oxygens (including phenoxy) is 1. The first-order valence-electron chi connectivity index (χ1n) is 3.94. The van der Waals surface area contributed by atoms with Gasteiger partial charge in [-0.05, 0) is 12.1 Å². The zero-order valence-electron chi connectivity index (χ0n) is 7.57. The molecule has 0 aliphatic rings. The molecule has 0 bridgehead atoms. The van der Waals surface area contributed by atoms with Crippen LogP contribution in [0.25, 0.3) is 0 Å². The topological polar surface area (TPSA) is 21.3 Å². The maximum atomic E-state index is 11.8. The second-order valence-corrected chi connectivity index (χ2v) is 3.13. The smallest absolute Gasteiger partial charge is 0.422 e. The molecule has 1 aromatic rings. The van der Waals surface area contributed by atoms with Crippen LogP contribution in [-0.4, -0.2) is 12.8 Å². The minimum atomic E-state index is -4.35. The standard InChI is InChI=1S/C9H8ClF3NO/c1-14-8-3-2-6(4-7(8)10)15-5-9(11,12)13/h2-4,14H,1,5H2. The fraction of sp³-hybridized carbons (Fsp3) is 0.222. The number of hydrogen-bond donors (Lipinski definition) is 1. The molecule has 15 heavy (non-hydrogen) atoms. The minimum absolute atomic E-state index is 0.0660. The molecule has 0 spiro atoms. The summed E-state index contributed by atoms with van der Waals surface area (Å²) in [6.45, 7) is -1.33. The number of anilines is 1. The Balaban J connectivity index is 2.68. The van der Waals surface area contributed by atoms with E-state index in [4.69, 9.17) is 11.6 Å². The van der Waals surface area contributed by atoms with Crippen molar-refractivity contribution >= 4 is 17.3 Å². The lowest BCUT2D eigenvalue weighted by molar-refractivity contribution is -0.153. The van der Waals surface area contributed by atoms with E-state index in [2.05, 4.69) is 17.1 Å². The van der Waals surface area contributed by atoms with Gasteiger partial charge in [-0.2, -0.15) is 13.2 Å². The van der Waals surface area contributed by atoms with E-state index in [1.54, 1.807) is 0 Å². The van der Waals surface area contributed by atoms with Gasteiger partial charge in [0.2, 0.25) is 0 Å². The first kappa shape index (κ1) is 12.0. The summed E-state index contributed by atoms with van der Waals surface area (Å²) in [7, 11) is 3.38. The summed E-state index contributed by atoms with van der Waals surface area (Å²) >= 11 is 5.72. The summed E-state index contributed by atoms with van der Waals surface area (Å²) in [5.74, 6) is 0.0660. The normalized spacial score (nSPS) is 11.3.